The van der Waals surface area contributed by atoms with Gasteiger partial charge in [-0.05, 0) is 69.8 Å². The van der Waals surface area contributed by atoms with Crippen LogP contribution in [0.25, 0.3) is 16.6 Å². The van der Waals surface area contributed by atoms with Crippen molar-refractivity contribution in [1.82, 2.24) is 30.1 Å². The van der Waals surface area contributed by atoms with E-state index < -0.39 is 0 Å². The van der Waals surface area contributed by atoms with E-state index in [2.05, 4.69) is 40.9 Å². The van der Waals surface area contributed by atoms with Crippen molar-refractivity contribution in [3.8, 4) is 0 Å². The fourth-order valence-corrected chi connectivity index (χ4v) is 4.50. The third-order valence-electron chi connectivity index (χ3n) is 5.72. The van der Waals surface area contributed by atoms with Crippen molar-refractivity contribution in [1.29, 1.82) is 0 Å². The van der Waals surface area contributed by atoms with Crippen LogP contribution in [0.2, 0.25) is 0 Å². The number of rotatable bonds is 8. The van der Waals surface area contributed by atoms with Gasteiger partial charge in [0.1, 0.15) is 17.5 Å². The summed E-state index contributed by atoms with van der Waals surface area (Å²) in [4.78, 5) is 7.59. The Bertz CT molecular complexity index is 833. The zero-order valence-corrected chi connectivity index (χ0v) is 16.5. The maximum atomic E-state index is 4.52. The first-order valence-electron chi connectivity index (χ1n) is 9.94. The Labute approximate surface area is 156 Å². The molecule has 1 aliphatic carbocycles. The Morgan fingerprint density at radius 2 is 2.08 bits per heavy atom. The molecule has 3 aromatic heterocycles. The molecule has 2 N–H and O–H groups in total. The van der Waals surface area contributed by atoms with Crippen molar-refractivity contribution in [2.75, 3.05) is 19.3 Å². The molecule has 4 rings (SSSR count). The van der Waals surface area contributed by atoms with Gasteiger partial charge in [0.25, 0.3) is 0 Å². The number of unbranched alkanes of at least 4 members (excludes halogenated alkanes) is 2. The Kier molecular flexibility index (Phi) is 5.81. The van der Waals surface area contributed by atoms with Gasteiger partial charge in [-0.25, -0.2) is 9.50 Å². The van der Waals surface area contributed by atoms with E-state index in [9.17, 15) is 0 Å². The molecule has 0 aliphatic heterocycles. The predicted octanol–water partition coefficient (Wildman–Crippen LogP) is 3.51. The zero-order valence-electron chi connectivity index (χ0n) is 15.3. The summed E-state index contributed by atoms with van der Waals surface area (Å²) in [5.74, 6) is 1.33. The lowest BCUT2D eigenvalue weighted by Crippen LogP contribution is -2.27. The van der Waals surface area contributed by atoms with Crippen LogP contribution in [0.15, 0.2) is 18.6 Å². The molecule has 0 saturated heterocycles. The van der Waals surface area contributed by atoms with E-state index in [0.29, 0.717) is 5.92 Å². The second-order valence-electron chi connectivity index (χ2n) is 7.52. The molecule has 0 amide bonds. The lowest BCUT2D eigenvalue weighted by Gasteiger charge is -2.27. The van der Waals surface area contributed by atoms with Gasteiger partial charge < -0.3 is 10.3 Å². The van der Waals surface area contributed by atoms with E-state index in [4.69, 9.17) is 0 Å². The summed E-state index contributed by atoms with van der Waals surface area (Å²) in [5, 5.41) is 13.6. The molecule has 7 heteroatoms. The molecule has 1 aliphatic rings. The van der Waals surface area contributed by atoms with Crippen LogP contribution in [0, 0.1) is 5.92 Å². The second-order valence-corrected chi connectivity index (χ2v) is 8.10. The highest BCUT2D eigenvalue weighted by atomic mass is 31.0. The molecule has 1 unspecified atom stereocenters. The molecule has 1 atom stereocenters. The van der Waals surface area contributed by atoms with Gasteiger partial charge in [-0.1, -0.05) is 11.6 Å². The highest BCUT2D eigenvalue weighted by Crippen LogP contribution is 2.37. The summed E-state index contributed by atoms with van der Waals surface area (Å²) >= 11 is 0. The average Bonchev–Trinajstić information content (AvgIpc) is 3.31. The number of nitrogens with one attached hydrogen (secondary N) is 2. The fourth-order valence-electron chi connectivity index (χ4n) is 4.21. The Morgan fingerprint density at radius 1 is 1.19 bits per heavy atom. The van der Waals surface area contributed by atoms with Gasteiger partial charge in [0, 0.05) is 17.5 Å². The third kappa shape index (κ3) is 3.77. The van der Waals surface area contributed by atoms with Crippen LogP contribution in [-0.2, 0) is 0 Å². The minimum Gasteiger partial charge on any atom is -0.346 e. The number of hydrogen-bond acceptors (Lipinski definition) is 4. The van der Waals surface area contributed by atoms with Crippen LogP contribution in [0.4, 0.5) is 0 Å². The summed E-state index contributed by atoms with van der Waals surface area (Å²) in [6.45, 7) is 2.33. The minimum absolute atomic E-state index is 0.520. The molecule has 1 fully saturated rings. The van der Waals surface area contributed by atoms with Gasteiger partial charge in [0.15, 0.2) is 0 Å². The molecule has 26 heavy (non-hydrogen) atoms. The summed E-state index contributed by atoms with van der Waals surface area (Å²) in [7, 11) is 2.81. The van der Waals surface area contributed by atoms with Crippen molar-refractivity contribution < 1.29 is 0 Å². The largest absolute Gasteiger partial charge is 0.346 e. The van der Waals surface area contributed by atoms with Crippen LogP contribution in [0.1, 0.15) is 56.6 Å². The number of nitrogens with zero attached hydrogens (tertiary/aromatic N) is 4. The number of H-pyrrole nitrogens is 1. The Balaban J connectivity index is 1.34. The average molecular weight is 372 g/mol. The lowest BCUT2D eigenvalue weighted by molar-refractivity contribution is 0.311. The number of aromatic nitrogens is 5. The second kappa shape index (κ2) is 8.45. The maximum absolute atomic E-state index is 4.52. The Morgan fingerprint density at radius 3 is 2.92 bits per heavy atom. The zero-order chi connectivity index (χ0) is 17.8. The van der Waals surface area contributed by atoms with E-state index >= 15 is 0 Å². The lowest BCUT2D eigenvalue weighted by atomic mass is 9.80. The summed E-state index contributed by atoms with van der Waals surface area (Å²) in [6, 6.07) is 2.08. The van der Waals surface area contributed by atoms with Crippen molar-refractivity contribution in [3.63, 3.8) is 0 Å². The highest BCUT2D eigenvalue weighted by Gasteiger charge is 2.26. The first-order chi connectivity index (χ1) is 12.9. The molecule has 0 bridgehead atoms. The normalized spacial score (nSPS) is 21.0. The maximum Gasteiger partial charge on any atom is 0.141 e. The molecule has 0 aromatic carbocycles. The van der Waals surface area contributed by atoms with E-state index in [1.807, 2.05) is 10.7 Å². The van der Waals surface area contributed by atoms with Crippen molar-refractivity contribution >= 4 is 25.8 Å². The van der Waals surface area contributed by atoms with Crippen LogP contribution in [0.3, 0.4) is 0 Å². The minimum atomic E-state index is 0.520. The fraction of sp³-hybridized carbons (Fsp3) is 0.632. The molecule has 3 aromatic rings. The number of hydrogen-bond donors (Lipinski definition) is 2. The first kappa shape index (κ1) is 17.9. The van der Waals surface area contributed by atoms with E-state index in [-0.39, 0.29) is 0 Å². The molecule has 0 radical (unpaired) electrons. The molecule has 1 saturated carbocycles. The summed E-state index contributed by atoms with van der Waals surface area (Å²) in [6.07, 6.45) is 13.9. The summed E-state index contributed by atoms with van der Waals surface area (Å²) < 4.78 is 1.83. The summed E-state index contributed by atoms with van der Waals surface area (Å²) in [5.41, 5.74) is 3.20. The smallest absolute Gasteiger partial charge is 0.141 e. The quantitative estimate of drug-likeness (QED) is 0.469. The van der Waals surface area contributed by atoms with E-state index in [1.165, 1.54) is 64.2 Å². The molecular weight excluding hydrogens is 343 g/mol. The van der Waals surface area contributed by atoms with Crippen LogP contribution >= 0.6 is 9.24 Å². The van der Waals surface area contributed by atoms with E-state index in [1.54, 1.807) is 6.33 Å². The van der Waals surface area contributed by atoms with E-state index in [0.717, 1.165) is 28.2 Å². The standard InChI is InChI=1S/C19H29N6P/c26-11-3-1-2-9-20-12-14-4-6-15(7-5-14)17-18-16-8-10-21-19(16)22-13-25(18)24-23-17/h8,10,13-15,20-21H,1-7,9,11-12,26H2. The van der Waals surface area contributed by atoms with Crippen molar-refractivity contribution in [2.45, 2.75) is 50.9 Å². The molecule has 0 spiro atoms. The van der Waals surface area contributed by atoms with Gasteiger partial charge in [0.2, 0.25) is 0 Å². The van der Waals surface area contributed by atoms with Crippen LogP contribution in [0.5, 0.6) is 0 Å². The van der Waals surface area contributed by atoms with Crippen LogP contribution < -0.4 is 5.32 Å². The van der Waals surface area contributed by atoms with Crippen molar-refractivity contribution in [3.05, 3.63) is 24.3 Å². The monoisotopic (exact) mass is 372 g/mol. The number of fused-ring (bicyclic) bond motifs is 3. The van der Waals surface area contributed by atoms with Gasteiger partial charge in [-0.15, -0.1) is 14.3 Å². The molecule has 3 heterocycles. The van der Waals surface area contributed by atoms with Gasteiger partial charge >= 0.3 is 0 Å². The molecule has 6 nitrogen and oxygen atoms in total. The van der Waals surface area contributed by atoms with Gasteiger partial charge in [-0.3, -0.25) is 0 Å². The Hall–Kier alpha value is -1.52. The SMILES string of the molecule is PCCCCCNCC1CCC(c2nnn3cnc4[nH]ccc4c23)CC1. The highest BCUT2D eigenvalue weighted by molar-refractivity contribution is 7.16. The first-order valence-corrected chi connectivity index (χ1v) is 10.8. The number of aromatic amines is 1. The third-order valence-corrected chi connectivity index (χ3v) is 6.13. The predicted molar refractivity (Wildman–Crippen MR) is 109 cm³/mol. The topological polar surface area (TPSA) is 70.9 Å². The van der Waals surface area contributed by atoms with Gasteiger partial charge in [0.05, 0.1) is 5.69 Å². The molecular formula is C19H29N6P. The van der Waals surface area contributed by atoms with Crippen LogP contribution in [-0.4, -0.2) is 44.0 Å². The van der Waals surface area contributed by atoms with Crippen molar-refractivity contribution in [2.24, 2.45) is 5.92 Å². The molecule has 140 valence electrons. The van der Waals surface area contributed by atoms with Gasteiger partial charge in [-0.2, -0.15) is 0 Å².